The third kappa shape index (κ3) is 1.85. The molecule has 2 heteroatoms. The van der Waals surface area contributed by atoms with Gasteiger partial charge in [-0.3, -0.25) is 0 Å². The van der Waals surface area contributed by atoms with E-state index in [1.54, 1.807) is 6.08 Å². The van der Waals surface area contributed by atoms with E-state index in [2.05, 4.69) is 0 Å². The Morgan fingerprint density at radius 3 is 3.11 bits per heavy atom. The molecule has 0 amide bonds. The Morgan fingerprint density at radius 2 is 2.33 bits per heavy atom. The highest BCUT2D eigenvalue weighted by molar-refractivity contribution is 6.13. The van der Waals surface area contributed by atoms with Crippen LogP contribution >= 0.6 is 0 Å². The average Bonchev–Trinajstić information content (AvgIpc) is 1.99. The number of allylic oxidation sites excluding steroid dienone is 2. The van der Waals surface area contributed by atoms with Crippen molar-refractivity contribution < 1.29 is 4.39 Å². The predicted octanol–water partition coefficient (Wildman–Crippen LogP) is 2.02. The molecule has 0 aromatic heterocycles. The van der Waals surface area contributed by atoms with Crippen LogP contribution in [-0.2, 0) is 0 Å². The minimum absolute atomic E-state index is 0.354. The first kappa shape index (κ1) is 6.85. The summed E-state index contributed by atoms with van der Waals surface area (Å²) in [6, 6.07) is 0. The molecule has 2 radical (unpaired) electrons. The Morgan fingerprint density at radius 1 is 1.56 bits per heavy atom. The second-order valence-electron chi connectivity index (χ2n) is 2.45. The Bertz CT molecular complexity index is 111. The first-order valence-corrected chi connectivity index (χ1v) is 3.37. The fraction of sp³-hybridized carbons (Fsp3) is 0.714. The van der Waals surface area contributed by atoms with Gasteiger partial charge in [0.05, 0.1) is 14.0 Å². The molecule has 0 heterocycles. The van der Waals surface area contributed by atoms with Gasteiger partial charge < -0.3 is 0 Å². The molecule has 2 atom stereocenters. The normalized spacial score (nSPS) is 36.1. The number of alkyl halides is 1. The zero-order valence-electron chi connectivity index (χ0n) is 5.39. The molecule has 0 spiro atoms. The number of hydrogen-bond acceptors (Lipinski definition) is 0. The van der Waals surface area contributed by atoms with Gasteiger partial charge in [0.25, 0.3) is 0 Å². The van der Waals surface area contributed by atoms with E-state index in [-0.39, 0.29) is 5.82 Å². The highest BCUT2D eigenvalue weighted by Crippen LogP contribution is 2.22. The topological polar surface area (TPSA) is 0 Å². The molecule has 0 bridgehead atoms. The van der Waals surface area contributed by atoms with Crippen molar-refractivity contribution in [3.63, 3.8) is 0 Å². The first-order chi connectivity index (χ1) is 4.30. The van der Waals surface area contributed by atoms with Crippen molar-refractivity contribution in [1.82, 2.24) is 0 Å². The van der Waals surface area contributed by atoms with E-state index in [4.69, 9.17) is 7.85 Å². The van der Waals surface area contributed by atoms with Crippen LogP contribution in [-0.4, -0.2) is 14.0 Å². The second-order valence-corrected chi connectivity index (χ2v) is 2.45. The maximum absolute atomic E-state index is 12.7. The molecule has 0 nitrogen and oxygen atoms in total. The number of hydrogen-bond donors (Lipinski definition) is 0. The van der Waals surface area contributed by atoms with Crippen LogP contribution in [0.5, 0.6) is 0 Å². The van der Waals surface area contributed by atoms with Gasteiger partial charge in [0, 0.05) is 0 Å². The van der Waals surface area contributed by atoms with Crippen LogP contribution < -0.4 is 0 Å². The van der Waals surface area contributed by atoms with E-state index in [9.17, 15) is 4.39 Å². The van der Waals surface area contributed by atoms with Gasteiger partial charge in [0.15, 0.2) is 0 Å². The monoisotopic (exact) mass is 124 g/mol. The molecule has 0 aliphatic heterocycles. The lowest BCUT2D eigenvalue weighted by Crippen LogP contribution is -2.05. The Kier molecular flexibility index (Phi) is 2.32. The van der Waals surface area contributed by atoms with Gasteiger partial charge in [-0.1, -0.05) is 12.2 Å². The highest BCUT2D eigenvalue weighted by Gasteiger charge is 2.13. The van der Waals surface area contributed by atoms with Gasteiger partial charge in [-0.15, -0.1) is 0 Å². The van der Waals surface area contributed by atoms with E-state index < -0.39 is 6.17 Å². The molecule has 0 unspecified atom stereocenters. The van der Waals surface area contributed by atoms with Crippen molar-refractivity contribution in [2.45, 2.75) is 31.3 Å². The molecular formula is C7H10BF. The van der Waals surface area contributed by atoms with Crippen LogP contribution in [0.3, 0.4) is 0 Å². The smallest absolute Gasteiger partial charge is 0.0985 e. The lowest BCUT2D eigenvalue weighted by molar-refractivity contribution is 0.316. The minimum Gasteiger partial charge on any atom is -0.248 e. The summed E-state index contributed by atoms with van der Waals surface area (Å²) in [5.41, 5.74) is 0. The molecule has 0 saturated heterocycles. The van der Waals surface area contributed by atoms with E-state index >= 15 is 0 Å². The Hall–Kier alpha value is -0.265. The van der Waals surface area contributed by atoms with Gasteiger partial charge in [-0.05, 0) is 25.1 Å². The van der Waals surface area contributed by atoms with Crippen molar-refractivity contribution in [2.75, 3.05) is 0 Å². The molecule has 48 valence electrons. The maximum atomic E-state index is 12.7. The van der Waals surface area contributed by atoms with E-state index in [0.717, 1.165) is 12.8 Å². The van der Waals surface area contributed by atoms with Gasteiger partial charge in [-0.25, -0.2) is 4.39 Å². The Labute approximate surface area is 56.6 Å². The fourth-order valence-corrected chi connectivity index (χ4v) is 0.997. The van der Waals surface area contributed by atoms with Crippen LogP contribution in [0.25, 0.3) is 0 Å². The van der Waals surface area contributed by atoms with Crippen LogP contribution in [0.1, 0.15) is 19.3 Å². The molecule has 0 aromatic rings. The predicted molar refractivity (Wildman–Crippen MR) is 37.4 cm³/mol. The van der Waals surface area contributed by atoms with Crippen LogP contribution in [0.4, 0.5) is 4.39 Å². The van der Waals surface area contributed by atoms with Crippen molar-refractivity contribution in [3.8, 4) is 0 Å². The summed E-state index contributed by atoms with van der Waals surface area (Å²) in [5, 5.41) is 0. The quantitative estimate of drug-likeness (QED) is 0.342. The van der Waals surface area contributed by atoms with E-state index in [0.29, 0.717) is 6.42 Å². The number of halogens is 1. The van der Waals surface area contributed by atoms with E-state index in [1.807, 2.05) is 6.08 Å². The molecule has 1 aliphatic rings. The molecule has 0 N–H and O–H groups in total. The summed E-state index contributed by atoms with van der Waals surface area (Å²) in [6.45, 7) is 0. The summed E-state index contributed by atoms with van der Waals surface area (Å²) in [5.74, 6) is -0.354. The van der Waals surface area contributed by atoms with Gasteiger partial charge in [0.1, 0.15) is 0 Å². The molecule has 1 aliphatic carbocycles. The second kappa shape index (κ2) is 3.04. The lowest BCUT2D eigenvalue weighted by Gasteiger charge is -2.08. The summed E-state index contributed by atoms with van der Waals surface area (Å²) in [4.78, 5) is 0. The van der Waals surface area contributed by atoms with Gasteiger partial charge >= 0.3 is 0 Å². The average molecular weight is 124 g/mol. The van der Waals surface area contributed by atoms with Crippen molar-refractivity contribution >= 4 is 7.85 Å². The third-order valence-electron chi connectivity index (χ3n) is 1.63. The summed E-state index contributed by atoms with van der Waals surface area (Å²) < 4.78 is 12.7. The molecular weight excluding hydrogens is 114 g/mol. The first-order valence-electron chi connectivity index (χ1n) is 3.37. The van der Waals surface area contributed by atoms with Crippen molar-refractivity contribution in [3.05, 3.63) is 12.2 Å². The lowest BCUT2D eigenvalue weighted by atomic mass is 9.82. The summed E-state index contributed by atoms with van der Waals surface area (Å²) >= 11 is 0. The Balaban J connectivity index is 2.46. The van der Waals surface area contributed by atoms with Crippen LogP contribution in [0.2, 0.25) is 5.82 Å². The van der Waals surface area contributed by atoms with E-state index in [1.165, 1.54) is 0 Å². The van der Waals surface area contributed by atoms with Gasteiger partial charge in [-0.2, -0.15) is 0 Å². The number of rotatable bonds is 0. The van der Waals surface area contributed by atoms with Crippen molar-refractivity contribution in [2.24, 2.45) is 0 Å². The van der Waals surface area contributed by atoms with Crippen LogP contribution in [0, 0.1) is 0 Å². The largest absolute Gasteiger partial charge is 0.248 e. The highest BCUT2D eigenvalue weighted by atomic mass is 19.1. The van der Waals surface area contributed by atoms with Crippen molar-refractivity contribution in [1.29, 1.82) is 0 Å². The molecule has 9 heavy (non-hydrogen) atoms. The summed E-state index contributed by atoms with van der Waals surface area (Å²) in [6.07, 6.45) is 5.44. The zero-order chi connectivity index (χ0) is 6.69. The molecule has 0 saturated carbocycles. The van der Waals surface area contributed by atoms with Crippen LogP contribution in [0.15, 0.2) is 12.2 Å². The van der Waals surface area contributed by atoms with Gasteiger partial charge in [0.2, 0.25) is 0 Å². The fourth-order valence-electron chi connectivity index (χ4n) is 0.997. The standard InChI is InChI=1S/C7H10BF/c8-6-4-2-1-3-5-7(6)9/h2,4,6-7H,1,3,5H2/t6-,7+/m0/s1. The molecule has 0 fully saturated rings. The SMILES string of the molecule is [B][C@H]1C=CCCC[C@H]1F. The summed E-state index contributed by atoms with van der Waals surface area (Å²) in [7, 11) is 5.42. The maximum Gasteiger partial charge on any atom is 0.0985 e. The zero-order valence-corrected chi connectivity index (χ0v) is 5.39. The molecule has 1 rings (SSSR count). The minimum atomic E-state index is -0.816. The molecule has 0 aromatic carbocycles. The third-order valence-corrected chi connectivity index (χ3v) is 1.63.